The summed E-state index contributed by atoms with van der Waals surface area (Å²) < 4.78 is 4.19. The summed E-state index contributed by atoms with van der Waals surface area (Å²) in [6.07, 6.45) is 1.85. The Bertz CT molecular complexity index is 392. The number of hydrogen-bond donors (Lipinski definition) is 0. The van der Waals surface area contributed by atoms with E-state index in [1.165, 1.54) is 27.4 Å². The van der Waals surface area contributed by atoms with Crippen molar-refractivity contribution < 1.29 is 0 Å². The van der Waals surface area contributed by atoms with E-state index in [2.05, 4.69) is 22.3 Å². The van der Waals surface area contributed by atoms with Crippen LogP contribution in [-0.2, 0) is 0 Å². The van der Waals surface area contributed by atoms with Gasteiger partial charge >= 0.3 is 0 Å². The minimum atomic E-state index is 0.873. The van der Waals surface area contributed by atoms with Crippen LogP contribution >= 0.6 is 11.5 Å². The van der Waals surface area contributed by atoms with Gasteiger partial charge in [0.25, 0.3) is 0 Å². The van der Waals surface area contributed by atoms with Crippen molar-refractivity contribution in [3.63, 3.8) is 0 Å². The Kier molecular flexibility index (Phi) is 1.39. The maximum absolute atomic E-state index is 4.20. The zero-order chi connectivity index (χ0) is 7.84. The molecule has 0 aromatic carbocycles. The van der Waals surface area contributed by atoms with Gasteiger partial charge in [0, 0.05) is 16.5 Å². The van der Waals surface area contributed by atoms with E-state index >= 15 is 0 Å². The van der Waals surface area contributed by atoms with Gasteiger partial charge in [-0.15, -0.1) is 0 Å². The number of aromatic nitrogens is 2. The Morgan fingerprint density at radius 2 is 2.18 bits per heavy atom. The molecule has 0 aliphatic carbocycles. The Labute approximate surface area is 69.1 Å². The first-order valence-corrected chi connectivity index (χ1v) is 4.23. The maximum Gasteiger partial charge on any atom is 0.173 e. The summed E-state index contributed by atoms with van der Waals surface area (Å²) in [5.74, 6) is 0. The van der Waals surface area contributed by atoms with Gasteiger partial charge in [0.2, 0.25) is 0 Å². The summed E-state index contributed by atoms with van der Waals surface area (Å²) in [4.78, 5) is 5.45. The normalized spacial score (nSPS) is 10.7. The lowest BCUT2D eigenvalue weighted by molar-refractivity contribution is 1.31. The zero-order valence-corrected chi connectivity index (χ0v) is 7.27. The van der Waals surface area contributed by atoms with Crippen LogP contribution in [0, 0.1) is 13.8 Å². The molecule has 2 aromatic rings. The van der Waals surface area contributed by atoms with Crippen LogP contribution in [0.5, 0.6) is 0 Å². The molecule has 3 heteroatoms. The second-order valence-electron chi connectivity index (χ2n) is 2.62. The van der Waals surface area contributed by atoms with Crippen molar-refractivity contribution in [3.8, 4) is 0 Å². The molecule has 56 valence electrons. The standard InChI is InChI=1S/C8H8N2S/c1-5-3-7-6(2)11-10-8(7)9-4-5/h3-4H,1-2H3. The largest absolute Gasteiger partial charge is 0.235 e. The molecular weight excluding hydrogens is 156 g/mol. The smallest absolute Gasteiger partial charge is 0.173 e. The van der Waals surface area contributed by atoms with Crippen LogP contribution in [0.25, 0.3) is 11.0 Å². The van der Waals surface area contributed by atoms with E-state index in [9.17, 15) is 0 Å². The molecule has 0 spiro atoms. The highest BCUT2D eigenvalue weighted by molar-refractivity contribution is 7.07. The van der Waals surface area contributed by atoms with E-state index in [0.717, 1.165) is 5.65 Å². The monoisotopic (exact) mass is 164 g/mol. The summed E-state index contributed by atoms with van der Waals surface area (Å²) in [6.45, 7) is 4.12. The van der Waals surface area contributed by atoms with Crippen molar-refractivity contribution in [2.75, 3.05) is 0 Å². The van der Waals surface area contributed by atoms with E-state index in [0.29, 0.717) is 0 Å². The van der Waals surface area contributed by atoms with Gasteiger partial charge in [0.05, 0.1) is 0 Å². The van der Waals surface area contributed by atoms with Crippen molar-refractivity contribution in [2.45, 2.75) is 13.8 Å². The Morgan fingerprint density at radius 1 is 1.36 bits per heavy atom. The van der Waals surface area contributed by atoms with E-state index < -0.39 is 0 Å². The minimum absolute atomic E-state index is 0.873. The van der Waals surface area contributed by atoms with Gasteiger partial charge in [-0.05, 0) is 37.0 Å². The fourth-order valence-corrected chi connectivity index (χ4v) is 1.67. The third-order valence-electron chi connectivity index (χ3n) is 1.65. The quantitative estimate of drug-likeness (QED) is 0.597. The maximum atomic E-state index is 4.20. The molecule has 11 heavy (non-hydrogen) atoms. The van der Waals surface area contributed by atoms with Gasteiger partial charge in [-0.2, -0.15) is 4.37 Å². The molecule has 2 heterocycles. The number of fused-ring (bicyclic) bond motifs is 1. The van der Waals surface area contributed by atoms with Gasteiger partial charge in [0.15, 0.2) is 5.65 Å². The molecular formula is C8H8N2S. The average molecular weight is 164 g/mol. The lowest BCUT2D eigenvalue weighted by Gasteiger charge is -1.90. The van der Waals surface area contributed by atoms with Crippen LogP contribution in [0.4, 0.5) is 0 Å². The first-order chi connectivity index (χ1) is 5.27. The molecule has 2 aromatic heterocycles. The van der Waals surface area contributed by atoms with Crippen LogP contribution < -0.4 is 0 Å². The van der Waals surface area contributed by atoms with E-state index in [1.807, 2.05) is 13.1 Å². The number of hydrogen-bond acceptors (Lipinski definition) is 3. The van der Waals surface area contributed by atoms with Crippen molar-refractivity contribution in [1.82, 2.24) is 9.36 Å². The second-order valence-corrected chi connectivity index (χ2v) is 3.60. The first-order valence-electron chi connectivity index (χ1n) is 3.46. The summed E-state index contributed by atoms with van der Waals surface area (Å²) in [6, 6.07) is 2.13. The lowest BCUT2D eigenvalue weighted by Crippen LogP contribution is -1.78. The molecule has 0 radical (unpaired) electrons. The molecule has 2 rings (SSSR count). The highest BCUT2D eigenvalue weighted by Crippen LogP contribution is 2.19. The summed E-state index contributed by atoms with van der Waals surface area (Å²) >= 11 is 1.51. The van der Waals surface area contributed by atoms with Crippen molar-refractivity contribution >= 4 is 22.6 Å². The predicted octanol–water partition coefficient (Wildman–Crippen LogP) is 2.31. The summed E-state index contributed by atoms with van der Waals surface area (Å²) in [5, 5.41) is 1.19. The molecule has 0 saturated carbocycles. The van der Waals surface area contributed by atoms with Crippen LogP contribution in [0.2, 0.25) is 0 Å². The Balaban J connectivity index is 2.87. The molecule has 2 nitrogen and oxygen atoms in total. The minimum Gasteiger partial charge on any atom is -0.235 e. The summed E-state index contributed by atoms with van der Waals surface area (Å²) in [7, 11) is 0. The van der Waals surface area contributed by atoms with Crippen molar-refractivity contribution in [3.05, 3.63) is 22.7 Å². The highest BCUT2D eigenvalue weighted by Gasteiger charge is 2.01. The molecule has 0 unspecified atom stereocenters. The molecule has 0 aliphatic rings. The number of aryl methyl sites for hydroxylation is 2. The molecule has 0 atom stereocenters. The van der Waals surface area contributed by atoms with Gasteiger partial charge < -0.3 is 0 Å². The third kappa shape index (κ3) is 1.01. The van der Waals surface area contributed by atoms with Crippen molar-refractivity contribution in [2.24, 2.45) is 0 Å². The Hall–Kier alpha value is -0.960. The van der Waals surface area contributed by atoms with E-state index in [4.69, 9.17) is 0 Å². The fraction of sp³-hybridized carbons (Fsp3) is 0.250. The Morgan fingerprint density at radius 3 is 3.00 bits per heavy atom. The van der Waals surface area contributed by atoms with Gasteiger partial charge in [0.1, 0.15) is 0 Å². The van der Waals surface area contributed by atoms with Crippen LogP contribution in [0.1, 0.15) is 10.4 Å². The van der Waals surface area contributed by atoms with Gasteiger partial charge in [-0.1, -0.05) is 0 Å². The van der Waals surface area contributed by atoms with E-state index in [-0.39, 0.29) is 0 Å². The van der Waals surface area contributed by atoms with Crippen molar-refractivity contribution in [1.29, 1.82) is 0 Å². The fourth-order valence-electron chi connectivity index (χ4n) is 1.05. The van der Waals surface area contributed by atoms with Gasteiger partial charge in [-0.3, -0.25) is 0 Å². The SMILES string of the molecule is Cc1cnc2nsc(C)c2c1. The number of pyridine rings is 1. The molecule has 0 bridgehead atoms. The third-order valence-corrected chi connectivity index (χ3v) is 2.41. The summed E-state index contributed by atoms with van der Waals surface area (Å²) in [5.41, 5.74) is 2.07. The zero-order valence-electron chi connectivity index (χ0n) is 6.46. The molecule has 0 amide bonds. The number of nitrogens with zero attached hydrogens (tertiary/aromatic N) is 2. The van der Waals surface area contributed by atoms with Gasteiger partial charge in [-0.25, -0.2) is 4.98 Å². The lowest BCUT2D eigenvalue weighted by atomic mass is 10.2. The van der Waals surface area contributed by atoms with E-state index in [1.54, 1.807) is 0 Å². The predicted molar refractivity (Wildman–Crippen MR) is 46.9 cm³/mol. The average Bonchev–Trinajstić information content (AvgIpc) is 2.33. The van der Waals surface area contributed by atoms with Crippen LogP contribution in [-0.4, -0.2) is 9.36 Å². The second kappa shape index (κ2) is 2.27. The first kappa shape index (κ1) is 6.73. The van der Waals surface area contributed by atoms with Crippen LogP contribution in [0.3, 0.4) is 0 Å². The molecule has 0 saturated heterocycles. The number of rotatable bonds is 0. The topological polar surface area (TPSA) is 25.8 Å². The molecule has 0 N–H and O–H groups in total. The van der Waals surface area contributed by atoms with Crippen LogP contribution in [0.15, 0.2) is 12.3 Å². The molecule has 0 aliphatic heterocycles. The highest BCUT2D eigenvalue weighted by atomic mass is 32.1. The molecule has 0 fully saturated rings.